The van der Waals surface area contributed by atoms with Gasteiger partial charge in [0.05, 0.1) is 6.10 Å². The van der Waals surface area contributed by atoms with Gasteiger partial charge in [-0.2, -0.15) is 0 Å². The van der Waals surface area contributed by atoms with Crippen LogP contribution in [0.3, 0.4) is 0 Å². The van der Waals surface area contributed by atoms with Crippen LogP contribution < -0.4 is 5.32 Å². The Balaban J connectivity index is 1.89. The zero-order valence-electron chi connectivity index (χ0n) is 12.4. The Morgan fingerprint density at radius 3 is 2.55 bits per heavy atom. The Morgan fingerprint density at radius 1 is 1.25 bits per heavy atom. The first-order valence-electron chi connectivity index (χ1n) is 7.72. The van der Waals surface area contributed by atoms with E-state index in [0.717, 1.165) is 45.1 Å². The Bertz CT molecular complexity index is 421. The van der Waals surface area contributed by atoms with Gasteiger partial charge in [-0.1, -0.05) is 12.8 Å². The van der Waals surface area contributed by atoms with Crippen LogP contribution in [0.1, 0.15) is 52.4 Å². The predicted molar refractivity (Wildman–Crippen MR) is 74.1 cm³/mol. The molecule has 3 rings (SSSR count). The second-order valence-electron chi connectivity index (χ2n) is 6.87. The summed E-state index contributed by atoms with van der Waals surface area (Å²) < 4.78 is 5.68. The van der Waals surface area contributed by atoms with Crippen molar-refractivity contribution in [1.29, 1.82) is 0 Å². The van der Waals surface area contributed by atoms with Crippen LogP contribution in [0.25, 0.3) is 0 Å². The van der Waals surface area contributed by atoms with Gasteiger partial charge >= 0.3 is 0 Å². The first-order valence-corrected chi connectivity index (χ1v) is 7.72. The molecule has 3 fully saturated rings. The summed E-state index contributed by atoms with van der Waals surface area (Å²) >= 11 is 0. The SMILES string of the molecule is CC1(C)NC(=O)C2(CCCC2)N(CC2CCCO2)C1=O. The van der Waals surface area contributed by atoms with Crippen LogP contribution in [-0.2, 0) is 14.3 Å². The fourth-order valence-electron chi connectivity index (χ4n) is 3.81. The Labute approximate surface area is 120 Å². The summed E-state index contributed by atoms with van der Waals surface area (Å²) in [5.74, 6) is 0.0621. The number of amides is 2. The van der Waals surface area contributed by atoms with E-state index >= 15 is 0 Å². The molecule has 2 aliphatic heterocycles. The number of rotatable bonds is 2. The molecule has 0 aromatic heterocycles. The molecule has 1 aliphatic carbocycles. The Hall–Kier alpha value is -1.10. The molecule has 0 aromatic rings. The number of carbonyl (C=O) groups is 2. The van der Waals surface area contributed by atoms with Gasteiger partial charge in [-0.05, 0) is 39.5 Å². The van der Waals surface area contributed by atoms with E-state index < -0.39 is 11.1 Å². The lowest BCUT2D eigenvalue weighted by atomic mass is 9.85. The van der Waals surface area contributed by atoms with Gasteiger partial charge in [-0.25, -0.2) is 0 Å². The van der Waals surface area contributed by atoms with Crippen LogP contribution in [-0.4, -0.2) is 47.0 Å². The third kappa shape index (κ3) is 2.03. The fraction of sp³-hybridized carbons (Fsp3) is 0.867. The van der Waals surface area contributed by atoms with E-state index in [1.807, 2.05) is 4.90 Å². The zero-order valence-corrected chi connectivity index (χ0v) is 12.4. The smallest absolute Gasteiger partial charge is 0.248 e. The lowest BCUT2D eigenvalue weighted by Crippen LogP contribution is -2.74. The highest BCUT2D eigenvalue weighted by molar-refractivity contribution is 6.02. The highest BCUT2D eigenvalue weighted by Gasteiger charge is 2.56. The quantitative estimate of drug-likeness (QED) is 0.827. The van der Waals surface area contributed by atoms with Crippen molar-refractivity contribution in [2.24, 2.45) is 0 Å². The lowest BCUT2D eigenvalue weighted by Gasteiger charge is -2.49. The average Bonchev–Trinajstić information content (AvgIpc) is 3.05. The molecule has 1 saturated carbocycles. The molecule has 1 spiro atoms. The molecular formula is C15H24N2O3. The van der Waals surface area contributed by atoms with Crippen LogP contribution in [0.15, 0.2) is 0 Å². The molecule has 1 atom stereocenters. The fourth-order valence-corrected chi connectivity index (χ4v) is 3.81. The molecule has 0 bridgehead atoms. The number of piperazine rings is 1. The number of nitrogens with one attached hydrogen (secondary N) is 1. The molecule has 2 amide bonds. The van der Waals surface area contributed by atoms with Gasteiger partial charge in [-0.3, -0.25) is 9.59 Å². The molecule has 1 N–H and O–H groups in total. The summed E-state index contributed by atoms with van der Waals surface area (Å²) in [4.78, 5) is 27.3. The van der Waals surface area contributed by atoms with Gasteiger partial charge in [-0.15, -0.1) is 0 Å². The highest BCUT2D eigenvalue weighted by Crippen LogP contribution is 2.40. The van der Waals surface area contributed by atoms with Crippen LogP contribution in [0.2, 0.25) is 0 Å². The van der Waals surface area contributed by atoms with Crippen molar-refractivity contribution in [3.05, 3.63) is 0 Å². The van der Waals surface area contributed by atoms with E-state index in [-0.39, 0.29) is 17.9 Å². The summed E-state index contributed by atoms with van der Waals surface area (Å²) in [6.07, 6.45) is 5.74. The third-order valence-corrected chi connectivity index (χ3v) is 4.99. The van der Waals surface area contributed by atoms with Crippen molar-refractivity contribution in [3.63, 3.8) is 0 Å². The summed E-state index contributed by atoms with van der Waals surface area (Å²) in [6.45, 7) is 4.92. The summed E-state index contributed by atoms with van der Waals surface area (Å²) in [5, 5.41) is 2.92. The molecule has 1 unspecified atom stereocenters. The van der Waals surface area contributed by atoms with E-state index in [2.05, 4.69) is 5.32 Å². The van der Waals surface area contributed by atoms with Crippen molar-refractivity contribution in [2.45, 2.75) is 69.6 Å². The second-order valence-corrected chi connectivity index (χ2v) is 6.87. The average molecular weight is 280 g/mol. The van der Waals surface area contributed by atoms with Gasteiger partial charge in [0.1, 0.15) is 11.1 Å². The minimum Gasteiger partial charge on any atom is -0.376 e. The van der Waals surface area contributed by atoms with Crippen molar-refractivity contribution < 1.29 is 14.3 Å². The molecule has 0 aromatic carbocycles. The highest BCUT2D eigenvalue weighted by atomic mass is 16.5. The summed E-state index contributed by atoms with van der Waals surface area (Å²) in [6, 6.07) is 0. The van der Waals surface area contributed by atoms with E-state index in [1.165, 1.54) is 0 Å². The van der Waals surface area contributed by atoms with Crippen molar-refractivity contribution in [1.82, 2.24) is 10.2 Å². The van der Waals surface area contributed by atoms with Crippen molar-refractivity contribution in [2.75, 3.05) is 13.2 Å². The first-order chi connectivity index (χ1) is 9.46. The number of ether oxygens (including phenoxy) is 1. The molecule has 2 heterocycles. The largest absolute Gasteiger partial charge is 0.376 e. The van der Waals surface area contributed by atoms with Crippen molar-refractivity contribution >= 4 is 11.8 Å². The topological polar surface area (TPSA) is 58.6 Å². The predicted octanol–water partition coefficient (Wildman–Crippen LogP) is 1.22. The van der Waals surface area contributed by atoms with E-state index in [9.17, 15) is 9.59 Å². The van der Waals surface area contributed by atoms with E-state index in [1.54, 1.807) is 13.8 Å². The number of nitrogens with zero attached hydrogens (tertiary/aromatic N) is 1. The maximum absolute atomic E-state index is 12.8. The number of hydrogen-bond donors (Lipinski definition) is 1. The summed E-state index contributed by atoms with van der Waals surface area (Å²) in [7, 11) is 0. The summed E-state index contributed by atoms with van der Waals surface area (Å²) in [5.41, 5.74) is -1.41. The van der Waals surface area contributed by atoms with Gasteiger partial charge in [0.2, 0.25) is 11.8 Å². The number of hydrogen-bond acceptors (Lipinski definition) is 3. The standard InChI is InChI=1S/C15H24N2O3/c1-14(2)13(19)17(10-11-6-5-9-20-11)15(12(18)16-14)7-3-4-8-15/h11H,3-10H2,1-2H3,(H,16,18). The maximum atomic E-state index is 12.8. The molecule has 5 nitrogen and oxygen atoms in total. The molecule has 2 saturated heterocycles. The van der Waals surface area contributed by atoms with E-state index in [0.29, 0.717) is 6.54 Å². The number of carbonyl (C=O) groups excluding carboxylic acids is 2. The Kier molecular flexibility index (Phi) is 3.27. The van der Waals surface area contributed by atoms with Crippen molar-refractivity contribution in [3.8, 4) is 0 Å². The van der Waals surface area contributed by atoms with Gasteiger partial charge in [0, 0.05) is 13.2 Å². The van der Waals surface area contributed by atoms with Crippen LogP contribution in [0.5, 0.6) is 0 Å². The monoisotopic (exact) mass is 280 g/mol. The van der Waals surface area contributed by atoms with Gasteiger partial charge < -0.3 is 15.0 Å². The lowest BCUT2D eigenvalue weighted by molar-refractivity contribution is -0.163. The normalized spacial score (nSPS) is 31.9. The van der Waals surface area contributed by atoms with Crippen LogP contribution in [0.4, 0.5) is 0 Å². The van der Waals surface area contributed by atoms with Crippen LogP contribution in [0, 0.1) is 0 Å². The molecule has 0 radical (unpaired) electrons. The third-order valence-electron chi connectivity index (χ3n) is 4.99. The molecule has 5 heteroatoms. The zero-order chi connectivity index (χ0) is 14.4. The maximum Gasteiger partial charge on any atom is 0.248 e. The molecular weight excluding hydrogens is 256 g/mol. The molecule has 20 heavy (non-hydrogen) atoms. The van der Waals surface area contributed by atoms with E-state index in [4.69, 9.17) is 4.74 Å². The van der Waals surface area contributed by atoms with Gasteiger partial charge in [0.15, 0.2) is 0 Å². The molecule has 112 valence electrons. The molecule has 3 aliphatic rings. The van der Waals surface area contributed by atoms with Crippen LogP contribution >= 0.6 is 0 Å². The second kappa shape index (κ2) is 4.72. The van der Waals surface area contributed by atoms with Gasteiger partial charge in [0.25, 0.3) is 0 Å². The minimum atomic E-state index is -0.802. The first kappa shape index (κ1) is 13.9. The minimum absolute atomic E-state index is 0.0256. The Morgan fingerprint density at radius 2 is 1.95 bits per heavy atom.